The van der Waals surface area contributed by atoms with Crippen molar-refractivity contribution in [3.8, 4) is 22.6 Å². The van der Waals surface area contributed by atoms with E-state index in [9.17, 15) is 4.79 Å². The van der Waals surface area contributed by atoms with E-state index in [0.717, 1.165) is 35.7 Å². The minimum atomic E-state index is -0.314. The molecule has 1 aliphatic rings. The molecule has 0 radical (unpaired) electrons. The predicted octanol–water partition coefficient (Wildman–Crippen LogP) is 3.64. The third-order valence-electron chi connectivity index (χ3n) is 5.15. The van der Waals surface area contributed by atoms with Crippen LogP contribution >= 0.6 is 0 Å². The standard InChI is InChI=1S/C23H25N5O3/c1-27-11-13-28(14-12-27)23(29)31-21-9-5-19(6-10-21)26-22-24-15-18(16-25-22)17-3-7-20(30-2)8-4-17/h3-10,15-16H,11-14H2,1-2H3,(H,24,25,26). The van der Waals surface area contributed by atoms with Crippen LogP contribution in [0.5, 0.6) is 11.5 Å². The Bertz CT molecular complexity index is 999. The second-order valence-corrected chi connectivity index (χ2v) is 7.33. The number of nitrogens with one attached hydrogen (secondary N) is 1. The normalized spacial score (nSPS) is 14.2. The minimum Gasteiger partial charge on any atom is -0.497 e. The monoisotopic (exact) mass is 419 g/mol. The molecule has 1 fully saturated rings. The van der Waals surface area contributed by atoms with Crippen molar-refractivity contribution < 1.29 is 14.3 Å². The van der Waals surface area contributed by atoms with Crippen molar-refractivity contribution in [3.63, 3.8) is 0 Å². The highest BCUT2D eigenvalue weighted by Crippen LogP contribution is 2.23. The zero-order valence-corrected chi connectivity index (χ0v) is 17.6. The van der Waals surface area contributed by atoms with E-state index in [2.05, 4.69) is 20.2 Å². The highest BCUT2D eigenvalue weighted by Gasteiger charge is 2.20. The Balaban J connectivity index is 1.33. The van der Waals surface area contributed by atoms with Gasteiger partial charge in [0.2, 0.25) is 5.95 Å². The molecule has 160 valence electrons. The van der Waals surface area contributed by atoms with Crippen molar-refractivity contribution in [2.24, 2.45) is 0 Å². The third kappa shape index (κ3) is 5.29. The largest absolute Gasteiger partial charge is 0.497 e. The summed E-state index contributed by atoms with van der Waals surface area (Å²) < 4.78 is 10.7. The maximum absolute atomic E-state index is 12.3. The van der Waals surface area contributed by atoms with Gasteiger partial charge in [-0.1, -0.05) is 12.1 Å². The fourth-order valence-electron chi connectivity index (χ4n) is 3.21. The summed E-state index contributed by atoms with van der Waals surface area (Å²) in [6.07, 6.45) is 3.22. The van der Waals surface area contributed by atoms with Gasteiger partial charge in [-0.3, -0.25) is 0 Å². The molecule has 8 nitrogen and oxygen atoms in total. The van der Waals surface area contributed by atoms with Crippen LogP contribution in [0.25, 0.3) is 11.1 Å². The summed E-state index contributed by atoms with van der Waals surface area (Å²) in [7, 11) is 3.69. The summed E-state index contributed by atoms with van der Waals surface area (Å²) in [5, 5.41) is 3.15. The summed E-state index contributed by atoms with van der Waals surface area (Å²) >= 11 is 0. The van der Waals surface area contributed by atoms with Gasteiger partial charge in [0.25, 0.3) is 0 Å². The lowest BCUT2D eigenvalue weighted by atomic mass is 10.1. The fourth-order valence-corrected chi connectivity index (χ4v) is 3.21. The highest BCUT2D eigenvalue weighted by atomic mass is 16.6. The average molecular weight is 419 g/mol. The number of carbonyl (C=O) groups excluding carboxylic acids is 1. The first-order chi connectivity index (χ1) is 15.1. The Morgan fingerprint density at radius 1 is 0.871 bits per heavy atom. The quantitative estimate of drug-likeness (QED) is 0.676. The van der Waals surface area contributed by atoms with Crippen LogP contribution in [0.2, 0.25) is 0 Å². The Morgan fingerprint density at radius 3 is 2.10 bits per heavy atom. The second kappa shape index (κ2) is 9.44. The number of hydrogen-bond acceptors (Lipinski definition) is 7. The third-order valence-corrected chi connectivity index (χ3v) is 5.15. The van der Waals surface area contributed by atoms with Crippen molar-refractivity contribution in [2.75, 3.05) is 45.7 Å². The molecule has 2 heterocycles. The van der Waals surface area contributed by atoms with Gasteiger partial charge in [0.15, 0.2) is 0 Å². The molecule has 2 aromatic carbocycles. The number of amides is 1. The van der Waals surface area contributed by atoms with E-state index in [1.165, 1.54) is 0 Å². The van der Waals surface area contributed by atoms with Gasteiger partial charge < -0.3 is 24.6 Å². The molecule has 3 aromatic rings. The van der Waals surface area contributed by atoms with Crippen molar-refractivity contribution in [1.29, 1.82) is 0 Å². The maximum Gasteiger partial charge on any atom is 0.415 e. The lowest BCUT2D eigenvalue weighted by molar-refractivity contribution is 0.120. The molecule has 1 saturated heterocycles. The van der Waals surface area contributed by atoms with Crippen LogP contribution in [0.1, 0.15) is 0 Å². The summed E-state index contributed by atoms with van der Waals surface area (Å²) in [5.41, 5.74) is 2.73. The van der Waals surface area contributed by atoms with E-state index >= 15 is 0 Å². The maximum atomic E-state index is 12.3. The first-order valence-electron chi connectivity index (χ1n) is 10.1. The zero-order valence-electron chi connectivity index (χ0n) is 17.6. The van der Waals surface area contributed by atoms with Gasteiger partial charge in [0.05, 0.1) is 7.11 Å². The van der Waals surface area contributed by atoms with Crippen LogP contribution in [0.4, 0.5) is 16.4 Å². The number of rotatable bonds is 5. The number of carbonyl (C=O) groups is 1. The Labute approximate surface area is 181 Å². The number of anilines is 2. The number of methoxy groups -OCH3 is 1. The molecular weight excluding hydrogens is 394 g/mol. The number of hydrogen-bond donors (Lipinski definition) is 1. The predicted molar refractivity (Wildman–Crippen MR) is 119 cm³/mol. The molecule has 1 amide bonds. The van der Waals surface area contributed by atoms with Gasteiger partial charge >= 0.3 is 6.09 Å². The van der Waals surface area contributed by atoms with Crippen molar-refractivity contribution >= 4 is 17.7 Å². The lowest BCUT2D eigenvalue weighted by Gasteiger charge is -2.31. The lowest BCUT2D eigenvalue weighted by Crippen LogP contribution is -2.48. The van der Waals surface area contributed by atoms with E-state index < -0.39 is 0 Å². The SMILES string of the molecule is COc1ccc(-c2cnc(Nc3ccc(OC(=O)N4CCN(C)CC4)cc3)nc2)cc1. The second-order valence-electron chi connectivity index (χ2n) is 7.33. The van der Waals surface area contributed by atoms with E-state index in [1.807, 2.05) is 43.4 Å². The van der Waals surface area contributed by atoms with Crippen molar-refractivity contribution in [2.45, 2.75) is 0 Å². The number of likely N-dealkylation sites (N-methyl/N-ethyl adjacent to an activating group) is 1. The van der Waals surface area contributed by atoms with Gasteiger partial charge in [-0.25, -0.2) is 14.8 Å². The highest BCUT2D eigenvalue weighted by molar-refractivity contribution is 5.71. The minimum absolute atomic E-state index is 0.314. The number of nitrogens with zero attached hydrogens (tertiary/aromatic N) is 4. The van der Waals surface area contributed by atoms with E-state index in [-0.39, 0.29) is 6.09 Å². The van der Waals surface area contributed by atoms with Crippen LogP contribution < -0.4 is 14.8 Å². The van der Waals surface area contributed by atoms with Gasteiger partial charge in [0, 0.05) is 49.8 Å². The van der Waals surface area contributed by atoms with Crippen LogP contribution in [-0.4, -0.2) is 66.2 Å². The molecule has 0 unspecified atom stereocenters. The average Bonchev–Trinajstić information content (AvgIpc) is 2.81. The molecule has 0 atom stereocenters. The van der Waals surface area contributed by atoms with E-state index in [0.29, 0.717) is 24.8 Å². The Kier molecular flexibility index (Phi) is 6.28. The summed E-state index contributed by atoms with van der Waals surface area (Å²) in [6.45, 7) is 3.07. The van der Waals surface area contributed by atoms with Crippen LogP contribution in [0.15, 0.2) is 60.9 Å². The van der Waals surface area contributed by atoms with Crippen LogP contribution in [0, 0.1) is 0 Å². The molecule has 0 spiro atoms. The number of piperazine rings is 1. The molecule has 1 aliphatic heterocycles. The molecule has 0 saturated carbocycles. The Morgan fingerprint density at radius 2 is 1.48 bits per heavy atom. The molecule has 8 heteroatoms. The number of ether oxygens (including phenoxy) is 2. The molecule has 1 aromatic heterocycles. The fraction of sp³-hybridized carbons (Fsp3) is 0.261. The molecule has 1 N–H and O–H groups in total. The van der Waals surface area contributed by atoms with Gasteiger partial charge in [-0.15, -0.1) is 0 Å². The first kappa shape index (κ1) is 20.6. The topological polar surface area (TPSA) is 79.8 Å². The van der Waals surface area contributed by atoms with Gasteiger partial charge in [-0.05, 0) is 49.0 Å². The van der Waals surface area contributed by atoms with E-state index in [4.69, 9.17) is 9.47 Å². The number of aromatic nitrogens is 2. The van der Waals surface area contributed by atoms with E-state index in [1.54, 1.807) is 36.5 Å². The smallest absolute Gasteiger partial charge is 0.415 e. The molecule has 4 rings (SSSR count). The Hall–Kier alpha value is -3.65. The summed E-state index contributed by atoms with van der Waals surface area (Å²) in [4.78, 5) is 25.0. The molecule has 0 aliphatic carbocycles. The zero-order chi connectivity index (χ0) is 21.6. The van der Waals surface area contributed by atoms with Crippen LogP contribution in [-0.2, 0) is 0 Å². The van der Waals surface area contributed by atoms with Crippen LogP contribution in [0.3, 0.4) is 0 Å². The molecular formula is C23H25N5O3. The molecule has 31 heavy (non-hydrogen) atoms. The van der Waals surface area contributed by atoms with Gasteiger partial charge in [0.1, 0.15) is 11.5 Å². The summed E-state index contributed by atoms with van der Waals surface area (Å²) in [5.74, 6) is 1.80. The number of benzene rings is 2. The first-order valence-corrected chi connectivity index (χ1v) is 10.1. The summed E-state index contributed by atoms with van der Waals surface area (Å²) in [6, 6.07) is 14.9. The molecule has 0 bridgehead atoms. The van der Waals surface area contributed by atoms with Gasteiger partial charge in [-0.2, -0.15) is 0 Å². The van der Waals surface area contributed by atoms with Crippen molar-refractivity contribution in [1.82, 2.24) is 19.8 Å². The van der Waals surface area contributed by atoms with Crippen molar-refractivity contribution in [3.05, 3.63) is 60.9 Å².